The number of carbonyl (C=O) groups is 1. The Balaban J connectivity index is 1.25. The number of likely N-dealkylation sites (tertiary alicyclic amines) is 1. The molecule has 2 heterocycles. The molecule has 1 aliphatic heterocycles. The second-order valence-electron chi connectivity index (χ2n) is 10.8. The number of rotatable bonds is 6. The number of aliphatic hydroxyl groups is 1. The monoisotopic (exact) mass is 474 g/mol. The van der Waals surface area contributed by atoms with Gasteiger partial charge in [0.15, 0.2) is 0 Å². The van der Waals surface area contributed by atoms with Crippen molar-refractivity contribution in [3.8, 4) is 0 Å². The molecule has 1 aliphatic carbocycles. The average Bonchev–Trinajstić information content (AvgIpc) is 3.39. The highest BCUT2D eigenvalue weighted by Crippen LogP contribution is 2.34. The third-order valence-electron chi connectivity index (χ3n) is 7.70. The molecule has 2 aliphatic rings. The summed E-state index contributed by atoms with van der Waals surface area (Å²) in [5.41, 5.74) is 7.01. The lowest BCUT2D eigenvalue weighted by Crippen LogP contribution is -2.46. The molecular weight excluding hydrogens is 436 g/mol. The number of anilines is 1. The van der Waals surface area contributed by atoms with E-state index in [0.29, 0.717) is 24.8 Å². The standard InChI is InChI=1S/C29H38N4O2/c1-5-28(35)30-23-8-7-21-13-20(14-22(21)15-23)16-32-11-10-26(27(34)17-32)33-25-9-6-19(4)12-24(25)31-29(33)18(2)3/h6-9,12,15,18,20,26-27,34H,5,10-11,13-14,16-17H2,1-4H3,(H,30,35)/t20-,26-,27-/m1/s1. The number of aryl methyl sites for hydroxylation is 1. The molecule has 2 N–H and O–H groups in total. The Bertz CT molecular complexity index is 1230. The highest BCUT2D eigenvalue weighted by Gasteiger charge is 2.34. The second-order valence-corrected chi connectivity index (χ2v) is 10.8. The lowest BCUT2D eigenvalue weighted by atomic mass is 9.98. The van der Waals surface area contributed by atoms with Gasteiger partial charge in [-0.1, -0.05) is 32.9 Å². The maximum Gasteiger partial charge on any atom is 0.224 e. The van der Waals surface area contributed by atoms with Gasteiger partial charge in [-0.3, -0.25) is 4.79 Å². The van der Waals surface area contributed by atoms with Crippen LogP contribution in [0.3, 0.4) is 0 Å². The van der Waals surface area contributed by atoms with Crippen molar-refractivity contribution in [2.75, 3.05) is 25.0 Å². The van der Waals surface area contributed by atoms with Crippen molar-refractivity contribution < 1.29 is 9.90 Å². The van der Waals surface area contributed by atoms with E-state index in [1.807, 2.05) is 13.0 Å². The molecule has 3 aromatic rings. The maximum atomic E-state index is 11.7. The highest BCUT2D eigenvalue weighted by atomic mass is 16.3. The molecule has 2 aromatic carbocycles. The van der Waals surface area contributed by atoms with Crippen LogP contribution in [0.4, 0.5) is 5.69 Å². The van der Waals surface area contributed by atoms with Gasteiger partial charge in [-0.05, 0) is 73.1 Å². The van der Waals surface area contributed by atoms with Crippen molar-refractivity contribution in [3.63, 3.8) is 0 Å². The molecule has 1 aromatic heterocycles. The van der Waals surface area contributed by atoms with E-state index in [0.717, 1.165) is 54.9 Å². The van der Waals surface area contributed by atoms with Crippen LogP contribution in [0.5, 0.6) is 0 Å². The predicted molar refractivity (Wildman–Crippen MR) is 141 cm³/mol. The van der Waals surface area contributed by atoms with Gasteiger partial charge in [-0.2, -0.15) is 0 Å². The Labute approximate surface area is 208 Å². The Kier molecular flexibility index (Phi) is 6.69. The summed E-state index contributed by atoms with van der Waals surface area (Å²) in [6.45, 7) is 11.0. The fourth-order valence-electron chi connectivity index (χ4n) is 5.97. The Hall–Kier alpha value is -2.70. The number of nitrogens with one attached hydrogen (secondary N) is 1. The summed E-state index contributed by atoms with van der Waals surface area (Å²) in [6.07, 6.45) is 3.10. The fourth-order valence-corrected chi connectivity index (χ4v) is 5.97. The van der Waals surface area contributed by atoms with E-state index in [9.17, 15) is 9.90 Å². The minimum atomic E-state index is -0.417. The number of benzene rings is 2. The molecule has 6 nitrogen and oxygen atoms in total. The van der Waals surface area contributed by atoms with E-state index in [2.05, 4.69) is 65.9 Å². The fraction of sp³-hybridized carbons (Fsp3) is 0.517. The summed E-state index contributed by atoms with van der Waals surface area (Å²) in [5.74, 6) is 1.98. The molecule has 35 heavy (non-hydrogen) atoms. The van der Waals surface area contributed by atoms with Crippen LogP contribution < -0.4 is 5.32 Å². The van der Waals surface area contributed by atoms with Crippen LogP contribution in [-0.4, -0.2) is 51.2 Å². The largest absolute Gasteiger partial charge is 0.390 e. The normalized spacial score (nSPS) is 22.6. The first kappa shape index (κ1) is 24.0. The first-order valence-electron chi connectivity index (χ1n) is 13.1. The van der Waals surface area contributed by atoms with E-state index in [1.165, 1.54) is 16.7 Å². The molecule has 0 saturated carbocycles. The molecule has 0 bridgehead atoms. The Morgan fingerprint density at radius 2 is 1.97 bits per heavy atom. The second kappa shape index (κ2) is 9.75. The highest BCUT2D eigenvalue weighted by molar-refractivity contribution is 5.90. The van der Waals surface area contributed by atoms with Crippen molar-refractivity contribution in [2.24, 2.45) is 5.92 Å². The summed E-state index contributed by atoms with van der Waals surface area (Å²) in [4.78, 5) is 19.1. The molecule has 1 amide bonds. The number of β-amino-alcohol motifs (C(OH)–C–C–N with tert-alkyl or cyclic N) is 1. The minimum absolute atomic E-state index is 0.0535. The SMILES string of the molecule is CCC(=O)Nc1ccc2c(c1)C[C@H](CN1CC[C@@H](n3c(C(C)C)nc4cc(C)ccc43)[C@H](O)C1)C2. The zero-order valence-corrected chi connectivity index (χ0v) is 21.4. The van der Waals surface area contributed by atoms with Gasteiger partial charge < -0.3 is 19.9 Å². The average molecular weight is 475 g/mol. The number of fused-ring (bicyclic) bond motifs is 2. The van der Waals surface area contributed by atoms with E-state index >= 15 is 0 Å². The van der Waals surface area contributed by atoms with Gasteiger partial charge >= 0.3 is 0 Å². The Morgan fingerprint density at radius 1 is 1.17 bits per heavy atom. The van der Waals surface area contributed by atoms with Crippen LogP contribution in [0.25, 0.3) is 11.0 Å². The predicted octanol–water partition coefficient (Wildman–Crippen LogP) is 4.84. The zero-order chi connectivity index (χ0) is 24.7. The summed E-state index contributed by atoms with van der Waals surface area (Å²) in [5, 5.41) is 14.3. The van der Waals surface area contributed by atoms with E-state index < -0.39 is 6.10 Å². The first-order valence-corrected chi connectivity index (χ1v) is 13.1. The van der Waals surface area contributed by atoms with Gasteiger partial charge in [-0.15, -0.1) is 0 Å². The number of amides is 1. The molecule has 0 spiro atoms. The van der Waals surface area contributed by atoms with E-state index in [4.69, 9.17) is 4.98 Å². The van der Waals surface area contributed by atoms with Crippen LogP contribution >= 0.6 is 0 Å². The van der Waals surface area contributed by atoms with Gasteiger partial charge in [-0.25, -0.2) is 4.98 Å². The quantitative estimate of drug-likeness (QED) is 0.536. The number of nitrogens with zero attached hydrogens (tertiary/aromatic N) is 3. The molecule has 6 heteroatoms. The maximum absolute atomic E-state index is 11.7. The number of aromatic nitrogens is 2. The van der Waals surface area contributed by atoms with Gasteiger partial charge in [0.1, 0.15) is 5.82 Å². The van der Waals surface area contributed by atoms with Gasteiger partial charge in [0, 0.05) is 37.7 Å². The molecule has 186 valence electrons. The first-order chi connectivity index (χ1) is 16.8. The molecule has 1 fully saturated rings. The van der Waals surface area contributed by atoms with Gasteiger partial charge in [0.05, 0.1) is 23.2 Å². The van der Waals surface area contributed by atoms with E-state index in [-0.39, 0.29) is 11.9 Å². The number of hydrogen-bond donors (Lipinski definition) is 2. The van der Waals surface area contributed by atoms with Crippen LogP contribution in [0.2, 0.25) is 0 Å². The van der Waals surface area contributed by atoms with Crippen LogP contribution in [0.15, 0.2) is 36.4 Å². The molecule has 3 atom stereocenters. The summed E-state index contributed by atoms with van der Waals surface area (Å²) in [7, 11) is 0. The summed E-state index contributed by atoms with van der Waals surface area (Å²) < 4.78 is 2.32. The zero-order valence-electron chi connectivity index (χ0n) is 21.4. The third-order valence-corrected chi connectivity index (χ3v) is 7.70. The van der Waals surface area contributed by atoms with Crippen LogP contribution in [-0.2, 0) is 17.6 Å². The topological polar surface area (TPSA) is 70.4 Å². The van der Waals surface area contributed by atoms with Gasteiger partial charge in [0.25, 0.3) is 0 Å². The van der Waals surface area contributed by atoms with E-state index in [1.54, 1.807) is 0 Å². The number of hydrogen-bond acceptors (Lipinski definition) is 4. The lowest BCUT2D eigenvalue weighted by molar-refractivity contribution is -0.115. The minimum Gasteiger partial charge on any atom is -0.390 e. The summed E-state index contributed by atoms with van der Waals surface area (Å²) in [6, 6.07) is 12.8. The lowest BCUT2D eigenvalue weighted by Gasteiger charge is -2.38. The number of carbonyl (C=O) groups excluding carboxylic acids is 1. The molecule has 0 radical (unpaired) electrons. The van der Waals surface area contributed by atoms with Gasteiger partial charge in [0.2, 0.25) is 5.91 Å². The van der Waals surface area contributed by atoms with Crippen molar-refractivity contribution >= 4 is 22.6 Å². The number of imidazole rings is 1. The van der Waals surface area contributed by atoms with Crippen molar-refractivity contribution in [1.82, 2.24) is 14.5 Å². The Morgan fingerprint density at radius 3 is 2.71 bits per heavy atom. The van der Waals surface area contributed by atoms with Crippen molar-refractivity contribution in [1.29, 1.82) is 0 Å². The number of piperidine rings is 1. The van der Waals surface area contributed by atoms with Crippen LogP contribution in [0, 0.1) is 12.8 Å². The third kappa shape index (κ3) is 4.87. The number of aliphatic hydroxyl groups excluding tert-OH is 1. The molecule has 0 unspecified atom stereocenters. The molecular formula is C29H38N4O2. The molecule has 1 saturated heterocycles. The summed E-state index contributed by atoms with van der Waals surface area (Å²) >= 11 is 0. The van der Waals surface area contributed by atoms with Crippen molar-refractivity contribution in [3.05, 3.63) is 58.9 Å². The smallest absolute Gasteiger partial charge is 0.224 e. The molecule has 5 rings (SSSR count). The van der Waals surface area contributed by atoms with Crippen molar-refractivity contribution in [2.45, 2.75) is 71.4 Å². The van der Waals surface area contributed by atoms with Crippen LogP contribution in [0.1, 0.15) is 68.1 Å².